The number of hydrogen-bond donors (Lipinski definition) is 4. The smallest absolute Gasteiger partial charge is 0.310 e. The van der Waals surface area contributed by atoms with E-state index in [0.29, 0.717) is 17.6 Å². The average molecular weight is 347 g/mol. The quantitative estimate of drug-likeness (QED) is 0.468. The molecule has 1 heterocycles. The van der Waals surface area contributed by atoms with Crippen LogP contribution in [0.5, 0.6) is 5.75 Å². The Balaban J connectivity index is 1.90. The van der Waals surface area contributed by atoms with Gasteiger partial charge in [0.2, 0.25) is 0 Å². The van der Waals surface area contributed by atoms with E-state index in [1.807, 2.05) is 32.9 Å². The molecule has 1 saturated heterocycles. The molecule has 1 aliphatic rings. The van der Waals surface area contributed by atoms with Gasteiger partial charge in [-0.2, -0.15) is 0 Å². The number of nitrogens with one attached hydrogen (secondary N) is 3. The van der Waals surface area contributed by atoms with Crippen molar-refractivity contribution in [2.45, 2.75) is 39.7 Å². The van der Waals surface area contributed by atoms with Crippen LogP contribution >= 0.6 is 0 Å². The zero-order valence-electron chi connectivity index (χ0n) is 15.3. The van der Waals surface area contributed by atoms with Gasteiger partial charge in [0.05, 0.1) is 5.92 Å². The van der Waals surface area contributed by atoms with E-state index in [1.54, 1.807) is 12.1 Å². The molecule has 1 aromatic rings. The summed E-state index contributed by atoms with van der Waals surface area (Å²) in [6, 6.07) is 7.51. The summed E-state index contributed by atoms with van der Waals surface area (Å²) >= 11 is 0. The minimum Gasteiger partial charge on any atom is -0.493 e. The van der Waals surface area contributed by atoms with Crippen molar-refractivity contribution in [1.29, 1.82) is 5.41 Å². The lowest BCUT2D eigenvalue weighted by molar-refractivity contribution is -0.146. The van der Waals surface area contributed by atoms with Crippen LogP contribution in [-0.2, 0) is 4.79 Å². The van der Waals surface area contributed by atoms with E-state index in [9.17, 15) is 9.90 Å². The van der Waals surface area contributed by atoms with Crippen LogP contribution in [0.3, 0.4) is 0 Å². The number of carbonyl (C=O) groups is 1. The summed E-state index contributed by atoms with van der Waals surface area (Å²) in [5.41, 5.74) is 0.426. The minimum absolute atomic E-state index is 0.127. The number of ether oxygens (including phenoxy) is 1. The lowest BCUT2D eigenvalue weighted by atomic mass is 9.81. The van der Waals surface area contributed by atoms with Gasteiger partial charge in [0.1, 0.15) is 18.2 Å². The first-order chi connectivity index (χ1) is 11.8. The van der Waals surface area contributed by atoms with Crippen molar-refractivity contribution in [3.63, 3.8) is 0 Å². The molecule has 0 spiro atoms. The molecule has 0 aromatic heterocycles. The molecule has 6 heteroatoms. The van der Waals surface area contributed by atoms with E-state index >= 15 is 0 Å². The van der Waals surface area contributed by atoms with Gasteiger partial charge in [-0.15, -0.1) is 0 Å². The number of benzene rings is 1. The standard InChI is InChI=1S/C19H29N3O3/c1-19(2,3)16(18(23)24)12-25-15-8-6-13(7-9-15)17(20)22-14-5-4-10-21-11-14/h6-9,14,16,21H,4-5,10-12H2,1-3H3,(H2,20,22)(H,23,24)/t14-,16-/m0/s1. The summed E-state index contributed by atoms with van der Waals surface area (Å²) in [7, 11) is 0. The van der Waals surface area contributed by atoms with Crippen LogP contribution in [0.15, 0.2) is 24.3 Å². The second-order valence-corrected chi connectivity index (χ2v) is 7.65. The number of aliphatic carboxylic acids is 1. The SMILES string of the molecule is CC(C)(C)[C@@H](COc1ccc(C(=N)N[C@H]2CCCNC2)cc1)C(=O)O. The van der Waals surface area contributed by atoms with Gasteiger partial charge in [-0.05, 0) is 49.1 Å². The molecule has 0 radical (unpaired) electrons. The van der Waals surface area contributed by atoms with Crippen LogP contribution in [0.25, 0.3) is 0 Å². The van der Waals surface area contributed by atoms with E-state index in [2.05, 4.69) is 10.6 Å². The Morgan fingerprint density at radius 1 is 1.40 bits per heavy atom. The molecule has 25 heavy (non-hydrogen) atoms. The van der Waals surface area contributed by atoms with Gasteiger partial charge in [-0.1, -0.05) is 20.8 Å². The summed E-state index contributed by atoms with van der Waals surface area (Å²) in [4.78, 5) is 11.4. The van der Waals surface area contributed by atoms with Crippen molar-refractivity contribution in [3.8, 4) is 5.75 Å². The fourth-order valence-corrected chi connectivity index (χ4v) is 2.85. The maximum absolute atomic E-state index is 11.4. The second kappa shape index (κ2) is 8.34. The first-order valence-corrected chi connectivity index (χ1v) is 8.79. The largest absolute Gasteiger partial charge is 0.493 e. The number of amidine groups is 1. The van der Waals surface area contributed by atoms with Crippen LogP contribution in [0.1, 0.15) is 39.2 Å². The highest BCUT2D eigenvalue weighted by molar-refractivity contribution is 5.96. The lowest BCUT2D eigenvalue weighted by Gasteiger charge is -2.27. The first kappa shape index (κ1) is 19.2. The van der Waals surface area contributed by atoms with Gasteiger partial charge in [-0.25, -0.2) is 0 Å². The second-order valence-electron chi connectivity index (χ2n) is 7.65. The Bertz CT molecular complexity index is 587. The minimum atomic E-state index is -0.851. The molecule has 6 nitrogen and oxygen atoms in total. The van der Waals surface area contributed by atoms with Crippen LogP contribution in [0.2, 0.25) is 0 Å². The molecule has 1 fully saturated rings. The number of piperidine rings is 1. The zero-order chi connectivity index (χ0) is 18.4. The van der Waals surface area contributed by atoms with Crippen molar-refractivity contribution >= 4 is 11.8 Å². The highest BCUT2D eigenvalue weighted by Gasteiger charge is 2.31. The van der Waals surface area contributed by atoms with Crippen LogP contribution in [0, 0.1) is 16.7 Å². The van der Waals surface area contributed by atoms with Crippen molar-refractivity contribution < 1.29 is 14.6 Å². The molecule has 1 aromatic carbocycles. The Kier molecular flexibility index (Phi) is 6.42. The van der Waals surface area contributed by atoms with Crippen molar-refractivity contribution in [2.75, 3.05) is 19.7 Å². The zero-order valence-corrected chi connectivity index (χ0v) is 15.3. The number of rotatable bonds is 6. The van der Waals surface area contributed by atoms with E-state index in [-0.39, 0.29) is 12.0 Å². The predicted octanol–water partition coefficient (Wildman–Crippen LogP) is 2.48. The third kappa shape index (κ3) is 5.74. The van der Waals surface area contributed by atoms with Crippen LogP contribution in [0.4, 0.5) is 0 Å². The molecule has 138 valence electrons. The molecule has 0 bridgehead atoms. The van der Waals surface area contributed by atoms with Crippen LogP contribution in [-0.4, -0.2) is 42.6 Å². The summed E-state index contributed by atoms with van der Waals surface area (Å²) in [6.45, 7) is 7.74. The highest BCUT2D eigenvalue weighted by Crippen LogP contribution is 2.27. The Morgan fingerprint density at radius 2 is 2.08 bits per heavy atom. The van der Waals surface area contributed by atoms with Gasteiger partial charge >= 0.3 is 5.97 Å². The van der Waals surface area contributed by atoms with Gasteiger partial charge < -0.3 is 20.5 Å². The summed E-state index contributed by atoms with van der Waals surface area (Å²) in [5.74, 6) is -0.410. The van der Waals surface area contributed by atoms with Crippen LogP contribution < -0.4 is 15.4 Å². The Hall–Kier alpha value is -2.08. The molecular formula is C19H29N3O3. The Morgan fingerprint density at radius 3 is 2.60 bits per heavy atom. The third-order valence-corrected chi connectivity index (χ3v) is 4.55. The van der Waals surface area contributed by atoms with Gasteiger partial charge in [0.25, 0.3) is 0 Å². The predicted molar refractivity (Wildman–Crippen MR) is 98.4 cm³/mol. The number of carboxylic acid groups (broad SMARTS) is 1. The van der Waals surface area contributed by atoms with E-state index in [1.165, 1.54) is 0 Å². The van der Waals surface area contributed by atoms with Crippen molar-refractivity contribution in [3.05, 3.63) is 29.8 Å². The topological polar surface area (TPSA) is 94.4 Å². The molecule has 2 rings (SSSR count). The fraction of sp³-hybridized carbons (Fsp3) is 0.579. The summed E-state index contributed by atoms with van der Waals surface area (Å²) < 4.78 is 5.66. The van der Waals surface area contributed by atoms with Gasteiger partial charge in [-0.3, -0.25) is 10.2 Å². The number of carboxylic acids is 1. The Labute approximate surface area is 149 Å². The molecule has 0 saturated carbocycles. The molecule has 1 aliphatic heterocycles. The average Bonchev–Trinajstić information content (AvgIpc) is 2.55. The van der Waals surface area contributed by atoms with Gasteiger partial charge in [0, 0.05) is 18.2 Å². The fourth-order valence-electron chi connectivity index (χ4n) is 2.85. The molecule has 2 atom stereocenters. The van der Waals surface area contributed by atoms with Gasteiger partial charge in [0.15, 0.2) is 0 Å². The van der Waals surface area contributed by atoms with E-state index < -0.39 is 11.9 Å². The highest BCUT2D eigenvalue weighted by atomic mass is 16.5. The molecule has 4 N–H and O–H groups in total. The summed E-state index contributed by atoms with van der Waals surface area (Å²) in [5, 5.41) is 24.1. The van der Waals surface area contributed by atoms with E-state index in [4.69, 9.17) is 10.1 Å². The number of hydrogen-bond acceptors (Lipinski definition) is 4. The first-order valence-electron chi connectivity index (χ1n) is 8.79. The summed E-state index contributed by atoms with van der Waals surface area (Å²) in [6.07, 6.45) is 2.19. The van der Waals surface area contributed by atoms with E-state index in [0.717, 1.165) is 31.5 Å². The lowest BCUT2D eigenvalue weighted by Crippen LogP contribution is -2.45. The maximum Gasteiger partial charge on any atom is 0.310 e. The molecular weight excluding hydrogens is 318 g/mol. The normalized spacial score (nSPS) is 19.1. The monoisotopic (exact) mass is 347 g/mol. The third-order valence-electron chi connectivity index (χ3n) is 4.55. The molecule has 0 amide bonds. The maximum atomic E-state index is 11.4. The molecule has 0 aliphatic carbocycles. The molecule has 0 unspecified atom stereocenters. The van der Waals surface area contributed by atoms with Crippen molar-refractivity contribution in [2.24, 2.45) is 11.3 Å². The van der Waals surface area contributed by atoms with Crippen molar-refractivity contribution in [1.82, 2.24) is 10.6 Å².